The van der Waals surface area contributed by atoms with Crippen LogP contribution in [0.15, 0.2) is 71.9 Å². The van der Waals surface area contributed by atoms with E-state index in [1.54, 1.807) is 19.5 Å². The van der Waals surface area contributed by atoms with Crippen LogP contribution in [0.1, 0.15) is 11.1 Å². The summed E-state index contributed by atoms with van der Waals surface area (Å²) in [5.74, 6) is 0.819. The Kier molecular flexibility index (Phi) is 3.19. The first-order valence-corrected chi connectivity index (χ1v) is 8.52. The topological polar surface area (TPSA) is 43.6 Å². The lowest BCUT2D eigenvalue weighted by atomic mass is 10.0. The molecule has 0 aliphatic heterocycles. The first-order valence-electron chi connectivity index (χ1n) is 8.52. The van der Waals surface area contributed by atoms with Gasteiger partial charge in [0.05, 0.1) is 18.1 Å². The van der Waals surface area contributed by atoms with Gasteiger partial charge in [0.1, 0.15) is 5.75 Å². The maximum Gasteiger partial charge on any atom is 0.192 e. The molecule has 3 aromatic heterocycles. The molecule has 0 aliphatic rings. The van der Waals surface area contributed by atoms with E-state index < -0.39 is 0 Å². The Morgan fingerprint density at radius 2 is 1.88 bits per heavy atom. The van der Waals surface area contributed by atoms with Crippen molar-refractivity contribution in [1.29, 1.82) is 0 Å². The van der Waals surface area contributed by atoms with Gasteiger partial charge in [-0.3, -0.25) is 9.78 Å². The third-order valence-corrected chi connectivity index (χ3v) is 4.97. The average molecular weight is 340 g/mol. The van der Waals surface area contributed by atoms with Crippen LogP contribution in [0.4, 0.5) is 0 Å². The Hall–Kier alpha value is -3.40. The molecule has 4 heteroatoms. The van der Waals surface area contributed by atoms with Crippen LogP contribution in [0.25, 0.3) is 27.2 Å². The van der Waals surface area contributed by atoms with E-state index >= 15 is 0 Å². The minimum Gasteiger partial charge on any atom is -0.496 e. The molecule has 26 heavy (non-hydrogen) atoms. The number of hydrogen-bond donors (Lipinski definition) is 0. The van der Waals surface area contributed by atoms with Crippen molar-refractivity contribution < 1.29 is 4.74 Å². The molecule has 3 heterocycles. The summed E-state index contributed by atoms with van der Waals surface area (Å²) in [6.07, 6.45) is 6.07. The Labute approximate surface area is 149 Å². The van der Waals surface area contributed by atoms with E-state index in [0.29, 0.717) is 6.42 Å². The summed E-state index contributed by atoms with van der Waals surface area (Å²) in [5, 5.41) is 2.82. The van der Waals surface area contributed by atoms with Crippen molar-refractivity contribution in [2.45, 2.75) is 6.42 Å². The van der Waals surface area contributed by atoms with E-state index in [1.807, 2.05) is 48.7 Å². The van der Waals surface area contributed by atoms with Gasteiger partial charge in [0.2, 0.25) is 0 Å². The van der Waals surface area contributed by atoms with Crippen molar-refractivity contribution >= 4 is 27.2 Å². The van der Waals surface area contributed by atoms with Crippen LogP contribution >= 0.6 is 0 Å². The lowest BCUT2D eigenvalue weighted by Gasteiger charge is -2.06. The second-order valence-electron chi connectivity index (χ2n) is 6.45. The number of methoxy groups -OCH3 is 1. The number of para-hydroxylation sites is 1. The highest BCUT2D eigenvalue weighted by atomic mass is 16.5. The standard InChI is InChI=1S/C22H16N2O2/c1-26-19-9-3-8-18-20(19)16-6-2-7-17-21(16)24(18)13-15(22(17)25)11-14-5-4-10-23-12-14/h2-10,12-13H,11H2,1H3. The zero-order valence-corrected chi connectivity index (χ0v) is 14.3. The number of ether oxygens (including phenoxy) is 1. The summed E-state index contributed by atoms with van der Waals surface area (Å²) in [6, 6.07) is 15.8. The Bertz CT molecular complexity index is 1310. The second-order valence-corrected chi connectivity index (χ2v) is 6.45. The largest absolute Gasteiger partial charge is 0.496 e. The summed E-state index contributed by atoms with van der Waals surface area (Å²) >= 11 is 0. The van der Waals surface area contributed by atoms with Gasteiger partial charge in [-0.25, -0.2) is 0 Å². The fourth-order valence-corrected chi connectivity index (χ4v) is 3.84. The molecule has 0 radical (unpaired) electrons. The maximum absolute atomic E-state index is 13.1. The minimum absolute atomic E-state index is 0.0775. The summed E-state index contributed by atoms with van der Waals surface area (Å²) in [7, 11) is 1.68. The highest BCUT2D eigenvalue weighted by Gasteiger charge is 2.17. The quantitative estimate of drug-likeness (QED) is 0.498. The molecule has 0 atom stereocenters. The molecule has 0 saturated carbocycles. The first-order chi connectivity index (χ1) is 12.8. The van der Waals surface area contributed by atoms with Gasteiger partial charge in [-0.1, -0.05) is 24.3 Å². The highest BCUT2D eigenvalue weighted by molar-refractivity contribution is 6.16. The van der Waals surface area contributed by atoms with Gasteiger partial charge >= 0.3 is 0 Å². The van der Waals surface area contributed by atoms with Gasteiger partial charge in [0.15, 0.2) is 5.43 Å². The van der Waals surface area contributed by atoms with Gasteiger partial charge in [-0.05, 0) is 29.8 Å². The second kappa shape index (κ2) is 5.56. The third-order valence-electron chi connectivity index (χ3n) is 4.97. The molecule has 5 aromatic rings. The molecule has 2 aromatic carbocycles. The highest BCUT2D eigenvalue weighted by Crippen LogP contribution is 2.36. The van der Waals surface area contributed by atoms with Crippen LogP contribution in [0, 0.1) is 0 Å². The molecule has 0 spiro atoms. The number of fused-ring (bicyclic) bond motifs is 3. The number of rotatable bonds is 3. The maximum atomic E-state index is 13.1. The van der Waals surface area contributed by atoms with E-state index in [0.717, 1.165) is 44.1 Å². The Morgan fingerprint density at radius 1 is 1.04 bits per heavy atom. The van der Waals surface area contributed by atoms with Crippen LogP contribution in [0.2, 0.25) is 0 Å². The lowest BCUT2D eigenvalue weighted by molar-refractivity contribution is 0.420. The fourth-order valence-electron chi connectivity index (χ4n) is 3.84. The first kappa shape index (κ1) is 14.9. The molecule has 0 N–H and O–H groups in total. The molecule has 4 nitrogen and oxygen atoms in total. The van der Waals surface area contributed by atoms with Crippen LogP contribution in [0.3, 0.4) is 0 Å². The van der Waals surface area contributed by atoms with E-state index in [-0.39, 0.29) is 5.43 Å². The van der Waals surface area contributed by atoms with Gasteiger partial charge < -0.3 is 9.14 Å². The number of pyridine rings is 2. The number of benzene rings is 2. The fraction of sp³-hybridized carbons (Fsp3) is 0.0909. The average Bonchev–Trinajstić information content (AvgIpc) is 3.01. The molecule has 126 valence electrons. The number of nitrogens with zero attached hydrogens (tertiary/aromatic N) is 2. The van der Waals surface area contributed by atoms with Crippen LogP contribution in [0.5, 0.6) is 5.75 Å². The van der Waals surface area contributed by atoms with Gasteiger partial charge in [0, 0.05) is 46.7 Å². The molecule has 5 rings (SSSR count). The van der Waals surface area contributed by atoms with E-state index in [2.05, 4.69) is 15.5 Å². The van der Waals surface area contributed by atoms with Crippen molar-refractivity contribution in [2.24, 2.45) is 0 Å². The van der Waals surface area contributed by atoms with E-state index in [9.17, 15) is 4.79 Å². The molecule has 0 fully saturated rings. The zero-order valence-electron chi connectivity index (χ0n) is 14.3. The number of hydrogen-bond acceptors (Lipinski definition) is 3. The van der Waals surface area contributed by atoms with Crippen molar-refractivity contribution in [1.82, 2.24) is 9.38 Å². The number of aromatic nitrogens is 2. The van der Waals surface area contributed by atoms with E-state index in [4.69, 9.17) is 4.74 Å². The van der Waals surface area contributed by atoms with Crippen LogP contribution in [-0.2, 0) is 6.42 Å². The summed E-state index contributed by atoms with van der Waals surface area (Å²) < 4.78 is 7.70. The predicted molar refractivity (Wildman–Crippen MR) is 103 cm³/mol. The normalized spacial score (nSPS) is 11.6. The van der Waals surface area contributed by atoms with Crippen LogP contribution in [-0.4, -0.2) is 16.5 Å². The van der Waals surface area contributed by atoms with Crippen molar-refractivity contribution in [2.75, 3.05) is 7.11 Å². The SMILES string of the molecule is COc1cccc2c1c1cccc3c(=O)c(Cc4cccnc4)cn2c31. The summed E-state index contributed by atoms with van der Waals surface area (Å²) in [5.41, 5.74) is 3.86. The monoisotopic (exact) mass is 340 g/mol. The minimum atomic E-state index is 0.0775. The third kappa shape index (κ3) is 2.02. The lowest BCUT2D eigenvalue weighted by Crippen LogP contribution is -2.12. The predicted octanol–water partition coefficient (Wildman–Crippen LogP) is 4.04. The van der Waals surface area contributed by atoms with Gasteiger partial charge in [0.25, 0.3) is 0 Å². The van der Waals surface area contributed by atoms with Gasteiger partial charge in [-0.2, -0.15) is 0 Å². The summed E-state index contributed by atoms with van der Waals surface area (Å²) in [6.45, 7) is 0. The van der Waals surface area contributed by atoms with E-state index in [1.165, 1.54) is 0 Å². The molecule has 0 unspecified atom stereocenters. The Balaban J connectivity index is 1.90. The van der Waals surface area contributed by atoms with Gasteiger partial charge in [-0.15, -0.1) is 0 Å². The molecule has 0 amide bonds. The Morgan fingerprint density at radius 3 is 2.69 bits per heavy atom. The van der Waals surface area contributed by atoms with Crippen molar-refractivity contribution in [3.8, 4) is 5.75 Å². The molecule has 0 bridgehead atoms. The zero-order chi connectivity index (χ0) is 17.7. The van der Waals surface area contributed by atoms with Crippen LogP contribution < -0.4 is 10.2 Å². The molecule has 0 aliphatic carbocycles. The molecular weight excluding hydrogens is 324 g/mol. The summed E-state index contributed by atoms with van der Waals surface area (Å²) in [4.78, 5) is 17.3. The smallest absolute Gasteiger partial charge is 0.192 e. The molecular formula is C22H16N2O2. The molecule has 0 saturated heterocycles. The van der Waals surface area contributed by atoms with Crippen molar-refractivity contribution in [3.05, 3.63) is 88.5 Å². The van der Waals surface area contributed by atoms with Crippen molar-refractivity contribution in [3.63, 3.8) is 0 Å².